The second kappa shape index (κ2) is 6.36. The lowest BCUT2D eigenvalue weighted by Gasteiger charge is -2.08. The molecule has 0 rings (SSSR count). The van der Waals surface area contributed by atoms with E-state index in [1.807, 2.05) is 6.92 Å². The first-order valence-corrected chi connectivity index (χ1v) is 4.56. The van der Waals surface area contributed by atoms with E-state index >= 15 is 0 Å². The van der Waals surface area contributed by atoms with Gasteiger partial charge in [-0.25, -0.2) is 0 Å². The first kappa shape index (κ1) is 10.6. The van der Waals surface area contributed by atoms with E-state index in [9.17, 15) is 4.79 Å². The summed E-state index contributed by atoms with van der Waals surface area (Å²) in [5.74, 6) is -0.285. The van der Waals surface area contributed by atoms with Gasteiger partial charge in [0, 0.05) is 13.0 Å². The van der Waals surface area contributed by atoms with Gasteiger partial charge in [0.25, 0.3) is 5.97 Å². The molecule has 3 nitrogen and oxygen atoms in total. The third kappa shape index (κ3) is 7.54. The van der Waals surface area contributed by atoms with Crippen LogP contribution >= 0.6 is 0 Å². The first-order chi connectivity index (χ1) is 5.16. The van der Waals surface area contributed by atoms with Gasteiger partial charge >= 0.3 is 10.0 Å². The quantitative estimate of drug-likeness (QED) is 0.589. The van der Waals surface area contributed by atoms with E-state index in [2.05, 4.69) is 11.3 Å². The molecule has 1 atom stereocenters. The summed E-state index contributed by atoms with van der Waals surface area (Å²) < 4.78 is 9.80. The lowest BCUT2D eigenvalue weighted by Crippen LogP contribution is -2.15. The average molecular weight is 174 g/mol. The van der Waals surface area contributed by atoms with Gasteiger partial charge in [0.1, 0.15) is 0 Å². The molecule has 0 amide bonds. The Morgan fingerprint density at radius 2 is 2.27 bits per heavy atom. The monoisotopic (exact) mass is 174 g/mol. The van der Waals surface area contributed by atoms with Gasteiger partial charge in [0.15, 0.2) is 0 Å². The molecular weight excluding hydrogens is 160 g/mol. The van der Waals surface area contributed by atoms with E-state index in [0.29, 0.717) is 0 Å². The highest BCUT2D eigenvalue weighted by atomic mass is 28.3. The van der Waals surface area contributed by atoms with Crippen LogP contribution in [0.25, 0.3) is 0 Å². The zero-order valence-corrected chi connectivity index (χ0v) is 8.22. The Labute approximate surface area is 70.1 Å². The molecule has 0 aliphatic carbocycles. The Balaban J connectivity index is 3.16. The zero-order valence-electron chi connectivity index (χ0n) is 7.22. The zero-order chi connectivity index (χ0) is 8.69. The van der Waals surface area contributed by atoms with E-state index in [1.54, 1.807) is 0 Å². The standard InChI is InChI=1S/C7H14O3Si/c1-4-5-6(2)9-11-10-7(3)8/h6H,4-5H2,1-3H3. The molecule has 0 aromatic heterocycles. The second-order valence-electron chi connectivity index (χ2n) is 2.39. The molecule has 0 aromatic carbocycles. The van der Waals surface area contributed by atoms with Crippen LogP contribution in [0, 0.1) is 0 Å². The van der Waals surface area contributed by atoms with Crippen molar-refractivity contribution in [3.05, 3.63) is 0 Å². The summed E-state index contributed by atoms with van der Waals surface area (Å²) in [6.07, 6.45) is 2.29. The predicted octanol–water partition coefficient (Wildman–Crippen LogP) is 1.29. The highest BCUT2D eigenvalue weighted by Gasteiger charge is 2.04. The highest BCUT2D eigenvalue weighted by Crippen LogP contribution is 1.98. The first-order valence-electron chi connectivity index (χ1n) is 3.74. The van der Waals surface area contributed by atoms with Crippen LogP contribution in [0.1, 0.15) is 33.6 Å². The van der Waals surface area contributed by atoms with E-state index < -0.39 is 0 Å². The van der Waals surface area contributed by atoms with E-state index in [4.69, 9.17) is 4.43 Å². The molecule has 0 aromatic rings. The van der Waals surface area contributed by atoms with E-state index in [0.717, 1.165) is 12.8 Å². The summed E-state index contributed by atoms with van der Waals surface area (Å²) in [4.78, 5) is 10.3. The normalized spacial score (nSPS) is 12.6. The van der Waals surface area contributed by atoms with Crippen molar-refractivity contribution in [2.45, 2.75) is 39.7 Å². The summed E-state index contributed by atoms with van der Waals surface area (Å²) in [6.45, 7) is 5.44. The number of rotatable bonds is 5. The van der Waals surface area contributed by atoms with Crippen molar-refractivity contribution in [2.75, 3.05) is 0 Å². The van der Waals surface area contributed by atoms with E-state index in [1.165, 1.54) is 6.92 Å². The molecule has 2 radical (unpaired) electrons. The van der Waals surface area contributed by atoms with Crippen molar-refractivity contribution in [1.29, 1.82) is 0 Å². The highest BCUT2D eigenvalue weighted by molar-refractivity contribution is 6.22. The summed E-state index contributed by atoms with van der Waals surface area (Å²) in [5.41, 5.74) is 0. The maximum atomic E-state index is 10.3. The number of carbonyl (C=O) groups excluding carboxylic acids is 1. The number of hydrogen-bond donors (Lipinski definition) is 0. The van der Waals surface area contributed by atoms with Crippen LogP contribution in [0.15, 0.2) is 0 Å². The van der Waals surface area contributed by atoms with Gasteiger partial charge in [0.2, 0.25) is 0 Å². The minimum absolute atomic E-state index is 0.147. The molecule has 4 heteroatoms. The third-order valence-corrected chi connectivity index (χ3v) is 2.00. The molecule has 0 saturated heterocycles. The van der Waals surface area contributed by atoms with Gasteiger partial charge in [-0.1, -0.05) is 13.3 Å². The Morgan fingerprint density at radius 1 is 1.64 bits per heavy atom. The summed E-state index contributed by atoms with van der Waals surface area (Å²) >= 11 is 0. The van der Waals surface area contributed by atoms with Crippen molar-refractivity contribution >= 4 is 16.0 Å². The van der Waals surface area contributed by atoms with Crippen molar-refractivity contribution in [1.82, 2.24) is 0 Å². The fourth-order valence-corrected chi connectivity index (χ4v) is 1.08. The van der Waals surface area contributed by atoms with Gasteiger partial charge in [-0.05, 0) is 13.3 Å². The molecule has 11 heavy (non-hydrogen) atoms. The second-order valence-corrected chi connectivity index (χ2v) is 3.00. The smallest absolute Gasteiger partial charge is 0.491 e. The SMILES string of the molecule is CCCC(C)O[Si]OC(C)=O. The largest absolute Gasteiger partial charge is 0.523 e. The Bertz CT molecular complexity index is 116. The fraction of sp³-hybridized carbons (Fsp3) is 0.857. The topological polar surface area (TPSA) is 35.5 Å². The summed E-state index contributed by atoms with van der Waals surface area (Å²) in [5, 5.41) is 0. The Morgan fingerprint density at radius 3 is 2.73 bits per heavy atom. The molecule has 0 spiro atoms. The molecule has 64 valence electrons. The number of hydrogen-bond acceptors (Lipinski definition) is 3. The van der Waals surface area contributed by atoms with Crippen LogP contribution in [-0.2, 0) is 13.6 Å². The summed E-state index contributed by atoms with van der Waals surface area (Å²) in [7, 11) is -0.147. The van der Waals surface area contributed by atoms with Crippen molar-refractivity contribution in [3.63, 3.8) is 0 Å². The maximum Gasteiger partial charge on any atom is 0.523 e. The van der Waals surface area contributed by atoms with Gasteiger partial charge < -0.3 is 8.85 Å². The lowest BCUT2D eigenvalue weighted by atomic mass is 10.2. The molecule has 0 bridgehead atoms. The van der Waals surface area contributed by atoms with Crippen LogP contribution in [0.2, 0.25) is 0 Å². The van der Waals surface area contributed by atoms with Crippen molar-refractivity contribution in [2.24, 2.45) is 0 Å². The molecular formula is C7H14O3Si. The van der Waals surface area contributed by atoms with Gasteiger partial charge in [-0.15, -0.1) is 0 Å². The molecule has 0 heterocycles. The predicted molar refractivity (Wildman–Crippen MR) is 43.0 cm³/mol. The van der Waals surface area contributed by atoms with Gasteiger partial charge in [-0.3, -0.25) is 4.79 Å². The van der Waals surface area contributed by atoms with Crippen LogP contribution in [0.4, 0.5) is 0 Å². The van der Waals surface area contributed by atoms with Crippen LogP contribution in [0.3, 0.4) is 0 Å². The van der Waals surface area contributed by atoms with Crippen LogP contribution < -0.4 is 0 Å². The third-order valence-electron chi connectivity index (χ3n) is 1.13. The molecule has 0 fully saturated rings. The van der Waals surface area contributed by atoms with E-state index in [-0.39, 0.29) is 22.1 Å². The number of carbonyl (C=O) groups is 1. The van der Waals surface area contributed by atoms with Crippen LogP contribution in [-0.4, -0.2) is 22.1 Å². The minimum atomic E-state index is -0.285. The molecule has 0 N–H and O–H groups in total. The Hall–Kier alpha value is -0.353. The van der Waals surface area contributed by atoms with Crippen molar-refractivity contribution in [3.8, 4) is 0 Å². The van der Waals surface area contributed by atoms with Crippen LogP contribution in [0.5, 0.6) is 0 Å². The average Bonchev–Trinajstić information content (AvgIpc) is 1.87. The molecule has 0 aliphatic heterocycles. The Kier molecular flexibility index (Phi) is 6.16. The molecule has 1 unspecified atom stereocenters. The van der Waals surface area contributed by atoms with Gasteiger partial charge in [0.05, 0.1) is 0 Å². The maximum absolute atomic E-state index is 10.3. The molecule has 0 aliphatic rings. The van der Waals surface area contributed by atoms with Crippen molar-refractivity contribution < 1.29 is 13.6 Å². The van der Waals surface area contributed by atoms with Gasteiger partial charge in [-0.2, -0.15) is 0 Å². The fourth-order valence-electron chi connectivity index (χ4n) is 0.630. The molecule has 0 saturated carbocycles. The summed E-state index contributed by atoms with van der Waals surface area (Å²) in [6, 6.07) is 0. The lowest BCUT2D eigenvalue weighted by molar-refractivity contribution is -0.133. The minimum Gasteiger partial charge on any atom is -0.491 e.